The molecule has 13 nitrogen and oxygen atoms in total. The second kappa shape index (κ2) is 12.7. The van der Waals surface area contributed by atoms with Gasteiger partial charge in [-0.2, -0.15) is 9.90 Å². The molecule has 1 aliphatic heterocycles. The van der Waals surface area contributed by atoms with Gasteiger partial charge in [0.05, 0.1) is 36.7 Å². The van der Waals surface area contributed by atoms with Gasteiger partial charge < -0.3 is 25.4 Å². The molecule has 0 aliphatic carbocycles. The highest BCUT2D eigenvalue weighted by molar-refractivity contribution is 6.45. The third kappa shape index (κ3) is 6.76. The molecule has 0 saturated carbocycles. The third-order valence-corrected chi connectivity index (χ3v) is 6.75. The van der Waals surface area contributed by atoms with Gasteiger partial charge in [-0.25, -0.2) is 9.98 Å². The molecule has 41 heavy (non-hydrogen) atoms. The number of allylic oxidation sites excluding steroid dienone is 1. The lowest BCUT2D eigenvalue weighted by atomic mass is 10.0. The molecule has 1 aliphatic rings. The Kier molecular flexibility index (Phi) is 9.10. The number of aliphatic hydroxyl groups is 1. The van der Waals surface area contributed by atoms with Gasteiger partial charge in [-0.1, -0.05) is 23.7 Å². The Balaban J connectivity index is 1.43. The predicted octanol–water partition coefficient (Wildman–Crippen LogP) is 2.39. The van der Waals surface area contributed by atoms with Gasteiger partial charge in [-0.15, -0.1) is 5.10 Å². The van der Waals surface area contributed by atoms with Crippen LogP contribution in [0, 0.1) is 5.41 Å². The van der Waals surface area contributed by atoms with Gasteiger partial charge in [0.15, 0.2) is 5.82 Å². The molecule has 0 spiro atoms. The van der Waals surface area contributed by atoms with Crippen molar-refractivity contribution >= 4 is 40.8 Å². The highest BCUT2D eigenvalue weighted by Crippen LogP contribution is 2.27. The molecule has 4 N–H and O–H groups in total. The Morgan fingerprint density at radius 1 is 1.34 bits per heavy atom. The number of fused-ring (bicyclic) bond motifs is 1. The summed E-state index contributed by atoms with van der Waals surface area (Å²) < 4.78 is 5.12. The molecule has 1 aromatic carbocycles. The monoisotopic (exact) mass is 579 g/mol. The van der Waals surface area contributed by atoms with Gasteiger partial charge in [0, 0.05) is 43.2 Å². The number of aromatic nitrogens is 4. The number of carbonyl (C=O) groups is 2. The summed E-state index contributed by atoms with van der Waals surface area (Å²) in [6.45, 7) is 3.22. The van der Waals surface area contributed by atoms with E-state index in [1.54, 1.807) is 57.4 Å². The summed E-state index contributed by atoms with van der Waals surface area (Å²) in [4.78, 5) is 37.5. The van der Waals surface area contributed by atoms with Crippen LogP contribution in [0.3, 0.4) is 0 Å². The van der Waals surface area contributed by atoms with Crippen molar-refractivity contribution in [1.29, 1.82) is 5.41 Å². The summed E-state index contributed by atoms with van der Waals surface area (Å²) in [5.74, 6) is 0.594. The molecule has 0 unspecified atom stereocenters. The first kappa shape index (κ1) is 29.4. The van der Waals surface area contributed by atoms with Crippen LogP contribution in [-0.2, 0) is 18.4 Å². The number of ether oxygens (including phenoxy) is 1. The minimum Gasteiger partial charge on any atom is -0.481 e. The fourth-order valence-corrected chi connectivity index (χ4v) is 4.35. The van der Waals surface area contributed by atoms with Crippen LogP contribution in [0.5, 0.6) is 5.88 Å². The lowest BCUT2D eigenvalue weighted by molar-refractivity contribution is -0.126. The molecule has 3 aromatic rings. The van der Waals surface area contributed by atoms with E-state index in [1.165, 1.54) is 29.2 Å². The average Bonchev–Trinajstić information content (AvgIpc) is 3.54. The molecule has 0 bridgehead atoms. The number of carbonyl (C=O) groups excluding carboxylic acids is 2. The molecule has 3 heterocycles. The zero-order valence-electron chi connectivity index (χ0n) is 22.9. The van der Waals surface area contributed by atoms with Crippen molar-refractivity contribution in [2.75, 3.05) is 19.0 Å². The minimum atomic E-state index is -0.821. The largest absolute Gasteiger partial charge is 0.481 e. The molecule has 4 rings (SSSR count). The molecule has 2 aromatic heterocycles. The number of aliphatic imine (C=N–C) groups is 1. The standard InChI is InChI=1S/C27H30ClN9O4/c1-15(26(39)34-22(14-38)17-7-8-30-24(10-17)41-4)37-13-19-6-5-18(9-20(19)27(37)40)25(29)21(28)11-31-16(2)33-23-12-32-36(3)35-23/h5-12,15,22,29,38H,13-14H2,1-4H3,(H,34,39)(H,31,33,35)/b21-11+,29-25?/t15-,22-/m1/s1. The van der Waals surface area contributed by atoms with Gasteiger partial charge in [-0.05, 0) is 37.1 Å². The number of halogens is 1. The van der Waals surface area contributed by atoms with E-state index < -0.39 is 18.0 Å². The molecule has 214 valence electrons. The van der Waals surface area contributed by atoms with Crippen LogP contribution in [0.1, 0.15) is 46.9 Å². The third-order valence-electron chi connectivity index (χ3n) is 6.47. The highest BCUT2D eigenvalue weighted by Gasteiger charge is 2.35. The van der Waals surface area contributed by atoms with Crippen molar-refractivity contribution in [3.63, 3.8) is 0 Å². The lowest BCUT2D eigenvalue weighted by Gasteiger charge is -2.26. The second-order valence-corrected chi connectivity index (χ2v) is 9.67. The van der Waals surface area contributed by atoms with E-state index >= 15 is 0 Å². The van der Waals surface area contributed by atoms with Crippen molar-refractivity contribution in [2.45, 2.75) is 32.5 Å². The number of aryl methyl sites for hydroxylation is 1. The molecule has 0 fully saturated rings. The summed E-state index contributed by atoms with van der Waals surface area (Å²) in [7, 11) is 3.17. The fraction of sp³-hybridized carbons (Fsp3) is 0.296. The summed E-state index contributed by atoms with van der Waals surface area (Å²) >= 11 is 6.35. The number of benzene rings is 1. The number of nitrogens with zero attached hydrogens (tertiary/aromatic N) is 6. The lowest BCUT2D eigenvalue weighted by Crippen LogP contribution is -2.46. The minimum absolute atomic E-state index is 0.0128. The van der Waals surface area contributed by atoms with Crippen LogP contribution < -0.4 is 15.4 Å². The van der Waals surface area contributed by atoms with Crippen LogP contribution >= 0.6 is 11.6 Å². The number of amides is 2. The number of aliphatic hydroxyl groups excluding tert-OH is 1. The molecule has 2 atom stereocenters. The Morgan fingerprint density at radius 3 is 2.80 bits per heavy atom. The van der Waals surface area contributed by atoms with E-state index in [1.807, 2.05) is 0 Å². The zero-order valence-corrected chi connectivity index (χ0v) is 23.7. The van der Waals surface area contributed by atoms with E-state index in [9.17, 15) is 14.7 Å². The quantitative estimate of drug-likeness (QED) is 0.209. The van der Waals surface area contributed by atoms with Gasteiger partial charge in [-0.3, -0.25) is 15.0 Å². The smallest absolute Gasteiger partial charge is 0.255 e. The number of amidine groups is 1. The SMILES string of the molecule is COc1cc([C@@H](CO)NC(=O)[C@@H](C)N2Cc3ccc(C(=N)/C(Cl)=C\N=C(/C)Nc4cnn(C)n4)cc3C2=O)ccn1. The number of methoxy groups -OCH3 is 1. The van der Waals surface area contributed by atoms with E-state index in [4.69, 9.17) is 21.7 Å². The van der Waals surface area contributed by atoms with Gasteiger partial charge in [0.1, 0.15) is 11.9 Å². The van der Waals surface area contributed by atoms with Crippen molar-refractivity contribution in [1.82, 2.24) is 30.2 Å². The fourth-order valence-electron chi connectivity index (χ4n) is 4.19. The maximum absolute atomic E-state index is 13.3. The van der Waals surface area contributed by atoms with Crippen molar-refractivity contribution < 1.29 is 19.4 Å². The van der Waals surface area contributed by atoms with E-state index in [2.05, 4.69) is 30.8 Å². The Morgan fingerprint density at radius 2 is 2.12 bits per heavy atom. The predicted molar refractivity (Wildman–Crippen MR) is 153 cm³/mol. The first-order chi connectivity index (χ1) is 19.6. The molecule has 2 amide bonds. The van der Waals surface area contributed by atoms with Crippen LogP contribution in [0.2, 0.25) is 0 Å². The normalized spacial score (nSPS) is 14.9. The van der Waals surface area contributed by atoms with Crippen LogP contribution in [-0.4, -0.2) is 73.1 Å². The van der Waals surface area contributed by atoms with Gasteiger partial charge in [0.25, 0.3) is 5.91 Å². The molecule has 14 heteroatoms. The van der Waals surface area contributed by atoms with Crippen molar-refractivity contribution in [3.8, 4) is 5.88 Å². The van der Waals surface area contributed by atoms with Gasteiger partial charge >= 0.3 is 0 Å². The summed E-state index contributed by atoms with van der Waals surface area (Å²) in [6, 6.07) is 6.81. The highest BCUT2D eigenvalue weighted by atomic mass is 35.5. The zero-order chi connectivity index (χ0) is 29.7. The Bertz CT molecular complexity index is 1530. The molecular weight excluding hydrogens is 550 g/mol. The molecular formula is C27H30ClN9O4. The summed E-state index contributed by atoms with van der Waals surface area (Å²) in [5.41, 5.74) is 2.15. The average molecular weight is 580 g/mol. The number of hydrogen-bond acceptors (Lipinski definition) is 9. The number of nitrogens with one attached hydrogen (secondary N) is 3. The van der Waals surface area contributed by atoms with E-state index in [0.717, 1.165) is 5.56 Å². The van der Waals surface area contributed by atoms with Crippen molar-refractivity contribution in [2.24, 2.45) is 12.0 Å². The number of hydrogen-bond donors (Lipinski definition) is 4. The second-order valence-electron chi connectivity index (χ2n) is 9.27. The maximum atomic E-state index is 13.3. The van der Waals surface area contributed by atoms with Crippen LogP contribution in [0.25, 0.3) is 0 Å². The topological polar surface area (TPSA) is 171 Å². The Labute approximate surface area is 241 Å². The maximum Gasteiger partial charge on any atom is 0.255 e. The summed E-state index contributed by atoms with van der Waals surface area (Å²) in [5, 5.41) is 32.3. The number of rotatable bonds is 10. The Hall–Kier alpha value is -4.62. The van der Waals surface area contributed by atoms with Crippen LogP contribution in [0.4, 0.5) is 5.82 Å². The summed E-state index contributed by atoms with van der Waals surface area (Å²) in [6.07, 6.45) is 4.41. The first-order valence-electron chi connectivity index (χ1n) is 12.6. The number of pyridine rings is 1. The van der Waals surface area contributed by atoms with Gasteiger partial charge in [0.2, 0.25) is 11.8 Å². The van der Waals surface area contributed by atoms with Crippen LogP contribution in [0.15, 0.2) is 59.0 Å². The van der Waals surface area contributed by atoms with E-state index in [0.29, 0.717) is 34.2 Å². The first-order valence-corrected chi connectivity index (χ1v) is 13.0. The van der Waals surface area contributed by atoms with E-state index in [-0.39, 0.29) is 29.8 Å². The molecule has 0 saturated heterocycles. The molecule has 0 radical (unpaired) electrons. The van der Waals surface area contributed by atoms with Crippen molar-refractivity contribution in [3.05, 3.63) is 76.2 Å². The number of anilines is 1.